The van der Waals surface area contributed by atoms with Gasteiger partial charge in [-0.15, -0.1) is 0 Å². The molecule has 4 rings (SSSR count). The lowest BCUT2D eigenvalue weighted by atomic mass is 10.0. The largest absolute Gasteiger partial charge is 0.483 e. The number of nitrogens with one attached hydrogen (secondary N) is 1. The summed E-state index contributed by atoms with van der Waals surface area (Å²) in [5.41, 5.74) is 5.73. The highest BCUT2D eigenvalue weighted by Gasteiger charge is 2.24. The van der Waals surface area contributed by atoms with E-state index >= 15 is 0 Å². The van der Waals surface area contributed by atoms with E-state index in [2.05, 4.69) is 27.0 Å². The van der Waals surface area contributed by atoms with Crippen LogP contribution in [-0.4, -0.2) is 28.9 Å². The van der Waals surface area contributed by atoms with Gasteiger partial charge in [-0.25, -0.2) is 0 Å². The minimum atomic E-state index is 0.0286. The highest BCUT2D eigenvalue weighted by Crippen LogP contribution is 2.31. The second-order valence-electron chi connectivity index (χ2n) is 6.87. The first-order valence-electron chi connectivity index (χ1n) is 8.78. The normalized spacial score (nSPS) is 13.7. The Hall–Kier alpha value is -2.27. The van der Waals surface area contributed by atoms with Crippen LogP contribution in [0.2, 0.25) is 0 Å². The molecule has 0 radical (unpaired) electrons. The minimum absolute atomic E-state index is 0.0286. The Morgan fingerprint density at radius 3 is 2.96 bits per heavy atom. The Morgan fingerprint density at radius 2 is 2.12 bits per heavy atom. The monoisotopic (exact) mass is 412 g/mol. The number of rotatable bonds is 3. The van der Waals surface area contributed by atoms with Gasteiger partial charge in [-0.2, -0.15) is 0 Å². The lowest BCUT2D eigenvalue weighted by Crippen LogP contribution is -2.38. The minimum Gasteiger partial charge on any atom is -0.483 e. The number of hydrogen-bond acceptors (Lipinski definition) is 2. The van der Waals surface area contributed by atoms with Gasteiger partial charge in [0, 0.05) is 40.6 Å². The van der Waals surface area contributed by atoms with E-state index in [0.29, 0.717) is 13.1 Å². The van der Waals surface area contributed by atoms with E-state index in [4.69, 9.17) is 4.74 Å². The molecule has 4 nitrogen and oxygen atoms in total. The standard InChI is InChI=1S/C21H21BrN2O2/c1-13-6-7-14(2)19(10-13)26-12-20(25)24-9-8-18-16(11-24)15-4-3-5-17(22)21(15)23-18/h3-7,10,23H,8-9,11-12H2,1-2H3. The van der Waals surface area contributed by atoms with Crippen LogP contribution in [0.4, 0.5) is 0 Å². The summed E-state index contributed by atoms with van der Waals surface area (Å²) in [7, 11) is 0. The Bertz CT molecular complexity index is 993. The maximum atomic E-state index is 12.7. The predicted octanol–water partition coefficient (Wildman–Crippen LogP) is 4.51. The molecule has 1 aliphatic heterocycles. The number of aromatic amines is 1. The van der Waals surface area contributed by atoms with Crippen LogP contribution in [0.3, 0.4) is 0 Å². The molecule has 3 aromatic rings. The summed E-state index contributed by atoms with van der Waals surface area (Å²) in [5, 5.41) is 1.18. The van der Waals surface area contributed by atoms with Gasteiger partial charge < -0.3 is 14.6 Å². The molecule has 1 amide bonds. The number of H-pyrrole nitrogens is 1. The van der Waals surface area contributed by atoms with Crippen molar-refractivity contribution in [2.45, 2.75) is 26.8 Å². The average Bonchev–Trinajstić information content (AvgIpc) is 3.01. The first-order chi connectivity index (χ1) is 12.5. The van der Waals surface area contributed by atoms with Crippen molar-refractivity contribution in [2.24, 2.45) is 0 Å². The number of aryl methyl sites for hydroxylation is 2. The van der Waals surface area contributed by atoms with Gasteiger partial charge in [-0.3, -0.25) is 4.79 Å². The van der Waals surface area contributed by atoms with Crippen molar-refractivity contribution in [3.05, 3.63) is 63.3 Å². The lowest BCUT2D eigenvalue weighted by Gasteiger charge is -2.27. The van der Waals surface area contributed by atoms with E-state index in [0.717, 1.165) is 33.3 Å². The summed E-state index contributed by atoms with van der Waals surface area (Å²) < 4.78 is 6.86. The molecule has 0 aliphatic carbocycles. The highest BCUT2D eigenvalue weighted by molar-refractivity contribution is 9.10. The van der Waals surface area contributed by atoms with Crippen LogP contribution in [0.15, 0.2) is 40.9 Å². The molecule has 1 aromatic heterocycles. The third-order valence-electron chi connectivity index (χ3n) is 5.01. The van der Waals surface area contributed by atoms with Crippen molar-refractivity contribution in [1.29, 1.82) is 0 Å². The summed E-state index contributed by atoms with van der Waals surface area (Å²) >= 11 is 3.60. The molecule has 0 atom stereocenters. The fraction of sp³-hybridized carbons (Fsp3) is 0.286. The molecule has 1 aliphatic rings. The molecular formula is C21H21BrN2O2. The molecule has 1 N–H and O–H groups in total. The molecule has 0 saturated carbocycles. The molecule has 0 spiro atoms. The van der Waals surface area contributed by atoms with Crippen LogP contribution >= 0.6 is 15.9 Å². The number of fused-ring (bicyclic) bond motifs is 3. The maximum absolute atomic E-state index is 12.7. The zero-order valence-electron chi connectivity index (χ0n) is 14.9. The van der Waals surface area contributed by atoms with Crippen LogP contribution in [0.1, 0.15) is 22.4 Å². The van der Waals surface area contributed by atoms with Crippen LogP contribution < -0.4 is 4.74 Å². The Morgan fingerprint density at radius 1 is 1.27 bits per heavy atom. The van der Waals surface area contributed by atoms with Crippen molar-refractivity contribution in [2.75, 3.05) is 13.2 Å². The molecule has 0 saturated heterocycles. The molecule has 2 aromatic carbocycles. The van der Waals surface area contributed by atoms with E-state index in [1.54, 1.807) is 0 Å². The van der Waals surface area contributed by atoms with Gasteiger partial charge in [0.05, 0.1) is 5.52 Å². The topological polar surface area (TPSA) is 45.3 Å². The smallest absolute Gasteiger partial charge is 0.260 e. The summed E-state index contributed by atoms with van der Waals surface area (Å²) in [5.74, 6) is 0.813. The van der Waals surface area contributed by atoms with Crippen molar-refractivity contribution in [3.63, 3.8) is 0 Å². The SMILES string of the molecule is Cc1ccc(C)c(OCC(=O)N2CCc3[nH]c4c(Br)cccc4c3C2)c1. The number of carbonyl (C=O) groups excluding carboxylic acids is 1. The van der Waals surface area contributed by atoms with Crippen LogP contribution in [-0.2, 0) is 17.8 Å². The second kappa shape index (κ2) is 6.80. The zero-order chi connectivity index (χ0) is 18.3. The quantitative estimate of drug-likeness (QED) is 0.687. The van der Waals surface area contributed by atoms with Gasteiger partial charge in [-0.1, -0.05) is 24.3 Å². The number of benzene rings is 2. The van der Waals surface area contributed by atoms with Crippen LogP contribution in [0, 0.1) is 13.8 Å². The molecule has 134 valence electrons. The van der Waals surface area contributed by atoms with Gasteiger partial charge >= 0.3 is 0 Å². The van der Waals surface area contributed by atoms with Gasteiger partial charge in [0.15, 0.2) is 6.61 Å². The molecule has 0 fully saturated rings. The predicted molar refractivity (Wildman–Crippen MR) is 107 cm³/mol. The summed E-state index contributed by atoms with van der Waals surface area (Å²) in [6, 6.07) is 12.2. The van der Waals surface area contributed by atoms with Gasteiger partial charge in [0.2, 0.25) is 0 Å². The molecule has 26 heavy (non-hydrogen) atoms. The summed E-state index contributed by atoms with van der Waals surface area (Å²) in [4.78, 5) is 18.1. The fourth-order valence-electron chi connectivity index (χ4n) is 3.51. The number of ether oxygens (including phenoxy) is 1. The number of nitrogens with zero attached hydrogens (tertiary/aromatic N) is 1. The number of halogens is 1. The lowest BCUT2D eigenvalue weighted by molar-refractivity contribution is -0.134. The summed E-state index contributed by atoms with van der Waals surface area (Å²) in [6.07, 6.45) is 0.839. The Balaban J connectivity index is 1.50. The first kappa shape index (κ1) is 17.2. The Labute approximate surface area is 161 Å². The third-order valence-corrected chi connectivity index (χ3v) is 5.67. The van der Waals surface area contributed by atoms with E-state index < -0.39 is 0 Å². The van der Waals surface area contributed by atoms with Crippen LogP contribution in [0.25, 0.3) is 10.9 Å². The molecule has 2 heterocycles. The van der Waals surface area contributed by atoms with Gasteiger partial charge in [0.25, 0.3) is 5.91 Å². The van der Waals surface area contributed by atoms with E-state index in [-0.39, 0.29) is 12.5 Å². The van der Waals surface area contributed by atoms with Crippen molar-refractivity contribution in [3.8, 4) is 5.75 Å². The Kier molecular flexibility index (Phi) is 4.49. The number of amides is 1. The third kappa shape index (κ3) is 3.12. The number of carbonyl (C=O) groups is 1. The molecule has 0 bridgehead atoms. The molecule has 5 heteroatoms. The molecular weight excluding hydrogens is 392 g/mol. The van der Waals surface area contributed by atoms with E-state index in [1.807, 2.05) is 49.1 Å². The van der Waals surface area contributed by atoms with Gasteiger partial charge in [0.1, 0.15) is 5.75 Å². The molecule has 0 unspecified atom stereocenters. The van der Waals surface area contributed by atoms with E-state index in [1.165, 1.54) is 16.6 Å². The first-order valence-corrected chi connectivity index (χ1v) is 9.58. The second-order valence-corrected chi connectivity index (χ2v) is 7.72. The summed E-state index contributed by atoms with van der Waals surface area (Å²) in [6.45, 7) is 5.44. The fourth-order valence-corrected chi connectivity index (χ4v) is 3.97. The van der Waals surface area contributed by atoms with Crippen molar-refractivity contribution < 1.29 is 9.53 Å². The number of hydrogen-bond donors (Lipinski definition) is 1. The van der Waals surface area contributed by atoms with Crippen molar-refractivity contribution >= 4 is 32.7 Å². The average molecular weight is 413 g/mol. The highest BCUT2D eigenvalue weighted by atomic mass is 79.9. The maximum Gasteiger partial charge on any atom is 0.260 e. The van der Waals surface area contributed by atoms with Crippen LogP contribution in [0.5, 0.6) is 5.75 Å². The number of aromatic nitrogens is 1. The van der Waals surface area contributed by atoms with E-state index in [9.17, 15) is 4.79 Å². The van der Waals surface area contributed by atoms with Crippen molar-refractivity contribution in [1.82, 2.24) is 9.88 Å². The van der Waals surface area contributed by atoms with Gasteiger partial charge in [-0.05, 0) is 53.0 Å². The zero-order valence-corrected chi connectivity index (χ0v) is 16.5. The number of para-hydroxylation sites is 1.